The summed E-state index contributed by atoms with van der Waals surface area (Å²) in [6, 6.07) is 17.9. The Balaban J connectivity index is 1.00. The van der Waals surface area contributed by atoms with Crippen LogP contribution in [0.25, 0.3) is 33.6 Å². The topological polar surface area (TPSA) is 145 Å². The number of rotatable bonds is 9. The highest BCUT2D eigenvalue weighted by atomic mass is 16.6. The second kappa shape index (κ2) is 14.6. The van der Waals surface area contributed by atoms with Crippen LogP contribution in [0.1, 0.15) is 84.0 Å². The number of carbonyl (C=O) groups excluding carboxylic acids is 2. The lowest BCUT2D eigenvalue weighted by molar-refractivity contribution is -0.134. The Hall–Kier alpha value is -5.52. The minimum Gasteiger partial charge on any atom is -0.444 e. The normalized spacial score (nSPS) is 18.2. The van der Waals surface area contributed by atoms with E-state index < -0.39 is 11.6 Å². The van der Waals surface area contributed by atoms with Crippen LogP contribution in [0, 0.1) is 5.92 Å². The summed E-state index contributed by atoms with van der Waals surface area (Å²) in [5, 5.41) is 3.25. The quantitative estimate of drug-likeness (QED) is 0.141. The van der Waals surface area contributed by atoms with Gasteiger partial charge in [-0.15, -0.1) is 0 Å². The predicted octanol–water partition coefficient (Wildman–Crippen LogP) is 7.80. The number of anilines is 1. The molecule has 12 nitrogen and oxygen atoms in total. The van der Waals surface area contributed by atoms with Crippen LogP contribution in [0.5, 0.6) is 0 Å². The third-order valence-electron chi connectivity index (χ3n) is 9.75. The molecule has 3 aromatic heterocycles. The van der Waals surface area contributed by atoms with Crippen LogP contribution < -0.4 is 5.32 Å². The number of amides is 2. The standard InChI is InChI=1S/C40H47N9O3/c1-25(2)34(47-38-41-19-8-20-42-38)37(50)48-21-6-9-32(48)35-43-23-30(45-35)28-15-11-26(12-16-28)27-13-17-29(18-14-27)31-24-44-36(46-31)33-10-7-22-49(33)39(51)52-40(3,4)5/h8,11-20,23-25,32-34H,6-7,9-10,21-22H2,1-5H3,(H,43,45)(H,44,46)(H,41,42,47)/t32-,33?,34-/m0/s1. The lowest BCUT2D eigenvalue weighted by Gasteiger charge is -2.30. The first-order chi connectivity index (χ1) is 25.0. The van der Waals surface area contributed by atoms with Crippen molar-refractivity contribution < 1.29 is 14.3 Å². The fourth-order valence-electron chi connectivity index (χ4n) is 7.10. The molecule has 0 spiro atoms. The van der Waals surface area contributed by atoms with Crippen molar-refractivity contribution in [1.29, 1.82) is 0 Å². The number of nitrogens with zero attached hydrogens (tertiary/aromatic N) is 6. The Bertz CT molecular complexity index is 1980. The Morgan fingerprint density at radius 3 is 1.73 bits per heavy atom. The lowest BCUT2D eigenvalue weighted by atomic mass is 10.0. The molecule has 2 aromatic carbocycles. The molecule has 270 valence electrons. The van der Waals surface area contributed by atoms with Crippen molar-refractivity contribution in [3.05, 3.63) is 91.0 Å². The van der Waals surface area contributed by atoms with Gasteiger partial charge in [0.1, 0.15) is 23.3 Å². The van der Waals surface area contributed by atoms with Gasteiger partial charge in [0.2, 0.25) is 11.9 Å². The van der Waals surface area contributed by atoms with E-state index in [0.29, 0.717) is 19.0 Å². The summed E-state index contributed by atoms with van der Waals surface area (Å²) < 4.78 is 5.64. The lowest BCUT2D eigenvalue weighted by Crippen LogP contribution is -2.45. The minimum atomic E-state index is -0.542. The van der Waals surface area contributed by atoms with E-state index in [4.69, 9.17) is 9.72 Å². The molecule has 5 aromatic rings. The Labute approximate surface area is 304 Å². The molecule has 0 bridgehead atoms. The molecule has 2 fully saturated rings. The molecule has 2 aliphatic heterocycles. The van der Waals surface area contributed by atoms with Crippen molar-refractivity contribution in [2.24, 2.45) is 5.92 Å². The Morgan fingerprint density at radius 1 is 0.750 bits per heavy atom. The van der Waals surface area contributed by atoms with Gasteiger partial charge in [-0.05, 0) is 80.7 Å². The summed E-state index contributed by atoms with van der Waals surface area (Å²) >= 11 is 0. The van der Waals surface area contributed by atoms with E-state index >= 15 is 0 Å². The second-order valence-corrected chi connectivity index (χ2v) is 15.0. The summed E-state index contributed by atoms with van der Waals surface area (Å²) in [4.78, 5) is 55.2. The summed E-state index contributed by atoms with van der Waals surface area (Å²) in [5.74, 6) is 2.11. The average Bonchev–Trinajstić information content (AvgIpc) is 3.97. The summed E-state index contributed by atoms with van der Waals surface area (Å²) in [7, 11) is 0. The Kier molecular flexibility index (Phi) is 9.81. The zero-order valence-corrected chi connectivity index (χ0v) is 30.5. The van der Waals surface area contributed by atoms with Gasteiger partial charge < -0.3 is 24.9 Å². The van der Waals surface area contributed by atoms with Gasteiger partial charge in [-0.3, -0.25) is 9.69 Å². The molecule has 3 N–H and O–H groups in total. The van der Waals surface area contributed by atoms with E-state index in [1.54, 1.807) is 23.4 Å². The molecule has 2 amide bonds. The summed E-state index contributed by atoms with van der Waals surface area (Å²) in [5.41, 5.74) is 5.52. The molecular weight excluding hydrogens is 654 g/mol. The van der Waals surface area contributed by atoms with Gasteiger partial charge in [0.05, 0.1) is 35.9 Å². The maximum Gasteiger partial charge on any atom is 0.410 e. The predicted molar refractivity (Wildman–Crippen MR) is 200 cm³/mol. The van der Waals surface area contributed by atoms with Gasteiger partial charge in [-0.1, -0.05) is 62.4 Å². The first kappa shape index (κ1) is 34.9. The third kappa shape index (κ3) is 7.56. The first-order valence-corrected chi connectivity index (χ1v) is 18.2. The fraction of sp³-hybridized carbons (Fsp3) is 0.400. The number of likely N-dealkylation sites (tertiary alicyclic amines) is 2. The first-order valence-electron chi connectivity index (χ1n) is 18.2. The number of aromatic nitrogens is 6. The van der Waals surface area contributed by atoms with E-state index in [1.807, 2.05) is 51.9 Å². The zero-order chi connectivity index (χ0) is 36.4. The number of H-pyrrole nitrogens is 2. The number of hydrogen-bond acceptors (Lipinski definition) is 8. The molecule has 2 saturated heterocycles. The Morgan fingerprint density at radius 2 is 1.23 bits per heavy atom. The highest BCUT2D eigenvalue weighted by Crippen LogP contribution is 2.35. The molecule has 2 aliphatic rings. The maximum absolute atomic E-state index is 13.8. The summed E-state index contributed by atoms with van der Waals surface area (Å²) in [6.45, 7) is 11.1. The largest absolute Gasteiger partial charge is 0.444 e. The number of hydrogen-bond donors (Lipinski definition) is 3. The van der Waals surface area contributed by atoms with E-state index in [-0.39, 0.29) is 30.0 Å². The number of ether oxygens (including phenoxy) is 1. The van der Waals surface area contributed by atoms with E-state index in [1.165, 1.54) is 0 Å². The second-order valence-electron chi connectivity index (χ2n) is 15.0. The van der Waals surface area contributed by atoms with Crippen molar-refractivity contribution in [2.45, 2.75) is 84.0 Å². The average molecular weight is 702 g/mol. The van der Waals surface area contributed by atoms with Crippen LogP contribution in [0.4, 0.5) is 10.7 Å². The molecule has 3 atom stereocenters. The number of benzene rings is 2. The number of nitrogens with one attached hydrogen (secondary N) is 3. The monoisotopic (exact) mass is 701 g/mol. The van der Waals surface area contributed by atoms with Gasteiger partial charge in [-0.25, -0.2) is 24.7 Å². The summed E-state index contributed by atoms with van der Waals surface area (Å²) in [6.07, 6.45) is 10.3. The fourth-order valence-corrected chi connectivity index (χ4v) is 7.10. The van der Waals surface area contributed by atoms with Gasteiger partial charge >= 0.3 is 6.09 Å². The van der Waals surface area contributed by atoms with Gasteiger partial charge in [0.15, 0.2) is 0 Å². The van der Waals surface area contributed by atoms with Crippen LogP contribution in [0.2, 0.25) is 0 Å². The highest BCUT2D eigenvalue weighted by Gasteiger charge is 2.37. The van der Waals surface area contributed by atoms with E-state index in [0.717, 1.165) is 71.0 Å². The SMILES string of the molecule is CC(C)[C@H](Nc1ncccn1)C(=O)N1CCC[C@H]1c1ncc(-c2ccc(-c3ccc(-c4cnc(C5CCCN5C(=O)OC(C)(C)C)[nH]4)cc3)cc2)[nH]1. The van der Waals surface area contributed by atoms with Gasteiger partial charge in [0, 0.05) is 25.5 Å². The van der Waals surface area contributed by atoms with Crippen molar-refractivity contribution in [1.82, 2.24) is 39.7 Å². The molecule has 0 radical (unpaired) electrons. The van der Waals surface area contributed by atoms with Crippen molar-refractivity contribution in [3.63, 3.8) is 0 Å². The third-order valence-corrected chi connectivity index (χ3v) is 9.75. The number of aromatic amines is 2. The van der Waals surface area contributed by atoms with Crippen LogP contribution in [-0.2, 0) is 9.53 Å². The van der Waals surface area contributed by atoms with Crippen LogP contribution >= 0.6 is 0 Å². The van der Waals surface area contributed by atoms with Crippen molar-refractivity contribution in [3.8, 4) is 33.6 Å². The molecule has 1 unspecified atom stereocenters. The maximum atomic E-state index is 13.8. The molecule has 52 heavy (non-hydrogen) atoms. The zero-order valence-electron chi connectivity index (χ0n) is 30.5. The number of imidazole rings is 2. The van der Waals surface area contributed by atoms with Gasteiger partial charge in [-0.2, -0.15) is 0 Å². The molecule has 5 heterocycles. The minimum absolute atomic E-state index is 0.0323. The van der Waals surface area contributed by atoms with Gasteiger partial charge in [0.25, 0.3) is 0 Å². The molecular formula is C40H47N9O3. The van der Waals surface area contributed by atoms with Crippen molar-refractivity contribution in [2.75, 3.05) is 18.4 Å². The van der Waals surface area contributed by atoms with Crippen molar-refractivity contribution >= 4 is 17.9 Å². The molecule has 12 heteroatoms. The molecule has 0 saturated carbocycles. The van der Waals surface area contributed by atoms with Crippen LogP contribution in [0.3, 0.4) is 0 Å². The highest BCUT2D eigenvalue weighted by molar-refractivity contribution is 5.85. The smallest absolute Gasteiger partial charge is 0.410 e. The molecule has 7 rings (SSSR count). The van der Waals surface area contributed by atoms with Crippen LogP contribution in [0.15, 0.2) is 79.4 Å². The van der Waals surface area contributed by atoms with Crippen LogP contribution in [-0.4, -0.2) is 76.4 Å². The molecule has 0 aliphatic carbocycles. The number of carbonyl (C=O) groups is 2. The van der Waals surface area contributed by atoms with E-state index in [2.05, 4.69) is 78.8 Å². The van der Waals surface area contributed by atoms with E-state index in [9.17, 15) is 9.59 Å².